The van der Waals surface area contributed by atoms with Crippen LogP contribution in [-0.2, 0) is 13.2 Å². The number of alkyl halides is 3. The van der Waals surface area contributed by atoms with Gasteiger partial charge in [0.2, 0.25) is 0 Å². The Morgan fingerprint density at radius 2 is 1.92 bits per heavy atom. The molecule has 2 aliphatic rings. The number of fused-ring (bicyclic) bond motifs is 3. The molecule has 0 amide bonds. The fourth-order valence-electron chi connectivity index (χ4n) is 4.62. The summed E-state index contributed by atoms with van der Waals surface area (Å²) in [5.74, 6) is 2.53. The van der Waals surface area contributed by atoms with Crippen molar-refractivity contribution in [3.63, 3.8) is 0 Å². The van der Waals surface area contributed by atoms with Crippen LogP contribution in [0.1, 0.15) is 46.6 Å². The van der Waals surface area contributed by atoms with Gasteiger partial charge in [-0.3, -0.25) is 9.79 Å². The van der Waals surface area contributed by atoms with Crippen LogP contribution in [0.4, 0.5) is 24.8 Å². The van der Waals surface area contributed by atoms with E-state index in [2.05, 4.69) is 15.3 Å². The molecule has 0 fully saturated rings. The highest BCUT2D eigenvalue weighted by Crippen LogP contribution is 2.39. The lowest BCUT2D eigenvalue weighted by Gasteiger charge is -2.29. The summed E-state index contributed by atoms with van der Waals surface area (Å²) in [5, 5.41) is 3.30. The SMILES string of the molecule is Cc1nc(NC(C)c2cccc(C(F)(F)F)c2)c2c(n1)N1CCN=C1C(c1cc(C)c(=O)n(C)c1)=C2. The molecule has 186 valence electrons. The minimum atomic E-state index is -4.42. The standard InChI is InChI=1S/C26H25F3N6O/c1-14-10-18(13-34(4)25(14)36)20-12-21-22(32-16(3)33-24(21)35-9-8-30-23(20)35)31-15(2)17-6-5-7-19(11-17)26(27,28)29/h5-7,10-13,15H,8-9H2,1-4H3,(H,31,32,33). The number of anilines is 2. The minimum absolute atomic E-state index is 0.0722. The molecule has 4 heterocycles. The van der Waals surface area contributed by atoms with Crippen LogP contribution in [0.2, 0.25) is 0 Å². The van der Waals surface area contributed by atoms with E-state index in [-0.39, 0.29) is 5.56 Å². The molecule has 2 aliphatic heterocycles. The van der Waals surface area contributed by atoms with Gasteiger partial charge in [-0.2, -0.15) is 13.2 Å². The Kier molecular flexibility index (Phi) is 5.69. The second-order valence-electron chi connectivity index (χ2n) is 9.09. The second-order valence-corrected chi connectivity index (χ2v) is 9.09. The van der Waals surface area contributed by atoms with Crippen LogP contribution >= 0.6 is 0 Å². The average Bonchev–Trinajstić information content (AvgIpc) is 3.32. The van der Waals surface area contributed by atoms with E-state index in [1.54, 1.807) is 44.6 Å². The number of halogens is 3. The van der Waals surface area contributed by atoms with Crippen molar-refractivity contribution in [2.45, 2.75) is 33.0 Å². The molecule has 0 saturated heterocycles. The Bertz CT molecular complexity index is 1460. The fourth-order valence-corrected chi connectivity index (χ4v) is 4.62. The van der Waals surface area contributed by atoms with Gasteiger partial charge in [0.1, 0.15) is 23.3 Å². The van der Waals surface area contributed by atoms with Crippen LogP contribution in [-0.4, -0.2) is 33.5 Å². The normalized spacial score (nSPS) is 15.7. The highest BCUT2D eigenvalue weighted by atomic mass is 19.4. The molecule has 0 radical (unpaired) electrons. The van der Waals surface area contributed by atoms with Crippen molar-refractivity contribution in [1.29, 1.82) is 0 Å². The summed E-state index contributed by atoms with van der Waals surface area (Å²) in [6.45, 7) is 6.59. The lowest BCUT2D eigenvalue weighted by Crippen LogP contribution is -2.33. The summed E-state index contributed by atoms with van der Waals surface area (Å²) in [5.41, 5.74) is 2.73. The number of amidine groups is 1. The third-order valence-electron chi connectivity index (χ3n) is 6.40. The number of aryl methyl sites for hydroxylation is 3. The van der Waals surface area contributed by atoms with E-state index in [9.17, 15) is 18.0 Å². The number of benzene rings is 1. The van der Waals surface area contributed by atoms with Gasteiger partial charge in [-0.05, 0) is 50.6 Å². The molecule has 0 spiro atoms. The van der Waals surface area contributed by atoms with Gasteiger partial charge < -0.3 is 14.8 Å². The highest BCUT2D eigenvalue weighted by Gasteiger charge is 2.33. The maximum atomic E-state index is 13.3. The number of hydrogen-bond donors (Lipinski definition) is 1. The molecule has 36 heavy (non-hydrogen) atoms. The summed E-state index contributed by atoms with van der Waals surface area (Å²) in [7, 11) is 1.71. The summed E-state index contributed by atoms with van der Waals surface area (Å²) >= 11 is 0. The zero-order chi connectivity index (χ0) is 25.8. The van der Waals surface area contributed by atoms with Crippen molar-refractivity contribution in [1.82, 2.24) is 14.5 Å². The van der Waals surface area contributed by atoms with Crippen molar-refractivity contribution >= 4 is 29.1 Å². The van der Waals surface area contributed by atoms with E-state index in [0.29, 0.717) is 41.7 Å². The highest BCUT2D eigenvalue weighted by molar-refractivity contribution is 6.36. The molecule has 2 aromatic heterocycles. The van der Waals surface area contributed by atoms with E-state index in [0.717, 1.165) is 34.7 Å². The monoisotopic (exact) mass is 494 g/mol. The van der Waals surface area contributed by atoms with Gasteiger partial charge in [-0.25, -0.2) is 9.97 Å². The lowest BCUT2D eigenvalue weighted by molar-refractivity contribution is -0.137. The number of rotatable bonds is 4. The molecule has 1 atom stereocenters. The predicted molar refractivity (Wildman–Crippen MR) is 134 cm³/mol. The molecule has 0 saturated carbocycles. The van der Waals surface area contributed by atoms with Crippen molar-refractivity contribution < 1.29 is 13.2 Å². The smallest absolute Gasteiger partial charge is 0.363 e. The van der Waals surface area contributed by atoms with E-state index in [1.807, 2.05) is 17.0 Å². The molecule has 1 unspecified atom stereocenters. The first-order valence-electron chi connectivity index (χ1n) is 11.6. The van der Waals surface area contributed by atoms with Crippen molar-refractivity contribution in [3.8, 4) is 0 Å². The quantitative estimate of drug-likeness (QED) is 0.566. The summed E-state index contributed by atoms with van der Waals surface area (Å²) in [6.07, 6.45) is -0.702. The van der Waals surface area contributed by atoms with Crippen molar-refractivity contribution in [2.24, 2.45) is 12.0 Å². The summed E-state index contributed by atoms with van der Waals surface area (Å²) < 4.78 is 41.3. The van der Waals surface area contributed by atoms with Crippen LogP contribution in [0, 0.1) is 13.8 Å². The molecule has 7 nitrogen and oxygen atoms in total. The van der Waals surface area contributed by atoms with E-state index >= 15 is 0 Å². The second kappa shape index (κ2) is 8.61. The van der Waals surface area contributed by atoms with E-state index in [4.69, 9.17) is 4.99 Å². The van der Waals surface area contributed by atoms with E-state index in [1.165, 1.54) is 6.07 Å². The molecular formula is C26H25F3N6O. The molecule has 0 aliphatic carbocycles. The summed E-state index contributed by atoms with van der Waals surface area (Å²) in [6, 6.07) is 6.67. The number of aliphatic imine (C=N–C) groups is 1. The minimum Gasteiger partial charge on any atom is -0.363 e. The first-order chi connectivity index (χ1) is 17.0. The van der Waals surface area contributed by atoms with Crippen LogP contribution in [0.3, 0.4) is 0 Å². The van der Waals surface area contributed by atoms with Crippen LogP contribution in [0.25, 0.3) is 11.6 Å². The van der Waals surface area contributed by atoms with Gasteiger partial charge >= 0.3 is 6.18 Å². The molecule has 5 rings (SSSR count). The van der Waals surface area contributed by atoms with Crippen molar-refractivity contribution in [2.75, 3.05) is 23.3 Å². The number of hydrogen-bond acceptors (Lipinski definition) is 6. The Hall–Kier alpha value is -3.95. The number of nitrogens with one attached hydrogen (secondary N) is 1. The first-order valence-corrected chi connectivity index (χ1v) is 11.6. The number of nitrogens with zero attached hydrogens (tertiary/aromatic N) is 5. The maximum absolute atomic E-state index is 13.3. The third kappa shape index (κ3) is 4.16. The zero-order valence-corrected chi connectivity index (χ0v) is 20.3. The number of aromatic nitrogens is 3. The first kappa shape index (κ1) is 23.8. The van der Waals surface area contributed by atoms with Crippen LogP contribution in [0.5, 0.6) is 0 Å². The van der Waals surface area contributed by atoms with Gasteiger partial charge in [0.05, 0.1) is 17.7 Å². The molecule has 1 aromatic carbocycles. The van der Waals surface area contributed by atoms with Gasteiger partial charge in [-0.15, -0.1) is 0 Å². The molecule has 10 heteroatoms. The third-order valence-corrected chi connectivity index (χ3v) is 6.40. The largest absolute Gasteiger partial charge is 0.416 e. The molecule has 3 aromatic rings. The Labute approximate surface area is 206 Å². The van der Waals surface area contributed by atoms with Gasteiger partial charge in [-0.1, -0.05) is 12.1 Å². The van der Waals surface area contributed by atoms with Gasteiger partial charge in [0.25, 0.3) is 5.56 Å². The van der Waals surface area contributed by atoms with Crippen LogP contribution in [0.15, 0.2) is 46.3 Å². The lowest BCUT2D eigenvalue weighted by atomic mass is 9.98. The summed E-state index contributed by atoms with van der Waals surface area (Å²) in [4.78, 5) is 28.3. The van der Waals surface area contributed by atoms with Gasteiger partial charge in [0.15, 0.2) is 0 Å². The van der Waals surface area contributed by atoms with Crippen molar-refractivity contribution in [3.05, 3.63) is 80.5 Å². The fraction of sp³-hybridized carbons (Fsp3) is 0.308. The predicted octanol–water partition coefficient (Wildman–Crippen LogP) is 4.76. The Balaban J connectivity index is 1.60. The maximum Gasteiger partial charge on any atom is 0.416 e. The van der Waals surface area contributed by atoms with Gasteiger partial charge in [0, 0.05) is 42.5 Å². The average molecular weight is 495 g/mol. The molecule has 0 bridgehead atoms. The Morgan fingerprint density at radius 1 is 1.14 bits per heavy atom. The topological polar surface area (TPSA) is 75.4 Å². The van der Waals surface area contributed by atoms with E-state index < -0.39 is 17.8 Å². The number of pyridine rings is 1. The zero-order valence-electron chi connectivity index (χ0n) is 20.3. The Morgan fingerprint density at radius 3 is 2.64 bits per heavy atom. The molecular weight excluding hydrogens is 469 g/mol. The van der Waals surface area contributed by atoms with Crippen LogP contribution < -0.4 is 15.8 Å². The molecule has 1 N–H and O–H groups in total.